The standard InChI is InChI=1S/C20H22BrNO5/c1-13(19(23)22(2)12-14-8-6-5-7-9-14)27-20(24)15-10-16(25-3)18(21)17(11-15)26-4/h5-11,13H,12H2,1-4H3. The van der Waals surface area contributed by atoms with Gasteiger partial charge in [0, 0.05) is 13.6 Å². The summed E-state index contributed by atoms with van der Waals surface area (Å²) in [6, 6.07) is 12.6. The molecule has 0 aromatic heterocycles. The van der Waals surface area contributed by atoms with Crippen molar-refractivity contribution in [2.75, 3.05) is 21.3 Å². The first-order valence-electron chi connectivity index (χ1n) is 8.28. The fraction of sp³-hybridized carbons (Fsp3) is 0.300. The average Bonchev–Trinajstić information content (AvgIpc) is 2.68. The Morgan fingerprint density at radius 2 is 1.63 bits per heavy atom. The molecule has 1 amide bonds. The molecular formula is C20H22BrNO5. The van der Waals surface area contributed by atoms with Gasteiger partial charge >= 0.3 is 5.97 Å². The molecule has 0 saturated carbocycles. The third-order valence-corrected chi connectivity index (χ3v) is 4.73. The molecule has 6 nitrogen and oxygen atoms in total. The molecule has 0 heterocycles. The Bertz CT molecular complexity index is 784. The van der Waals surface area contributed by atoms with E-state index in [-0.39, 0.29) is 11.5 Å². The summed E-state index contributed by atoms with van der Waals surface area (Å²) in [7, 11) is 4.64. The second-order valence-electron chi connectivity index (χ2n) is 5.92. The molecule has 0 aliphatic carbocycles. The molecule has 27 heavy (non-hydrogen) atoms. The summed E-state index contributed by atoms with van der Waals surface area (Å²) in [5, 5.41) is 0. The monoisotopic (exact) mass is 435 g/mol. The molecule has 2 rings (SSSR count). The van der Waals surface area contributed by atoms with Gasteiger partial charge in [-0.05, 0) is 40.5 Å². The van der Waals surface area contributed by atoms with Crippen molar-refractivity contribution in [3.05, 3.63) is 58.1 Å². The first-order valence-corrected chi connectivity index (χ1v) is 9.08. The second-order valence-corrected chi connectivity index (χ2v) is 6.72. The van der Waals surface area contributed by atoms with Crippen LogP contribution in [-0.4, -0.2) is 44.1 Å². The fourth-order valence-electron chi connectivity index (χ4n) is 2.51. The minimum Gasteiger partial charge on any atom is -0.495 e. The lowest BCUT2D eigenvalue weighted by atomic mass is 10.2. The number of methoxy groups -OCH3 is 2. The Morgan fingerprint density at radius 3 is 2.15 bits per heavy atom. The zero-order valence-electron chi connectivity index (χ0n) is 15.7. The van der Waals surface area contributed by atoms with E-state index in [2.05, 4.69) is 15.9 Å². The third kappa shape index (κ3) is 5.23. The summed E-state index contributed by atoms with van der Waals surface area (Å²) in [6.07, 6.45) is -0.924. The van der Waals surface area contributed by atoms with Crippen molar-refractivity contribution in [3.8, 4) is 11.5 Å². The van der Waals surface area contributed by atoms with Gasteiger partial charge in [-0.1, -0.05) is 30.3 Å². The Hall–Kier alpha value is -2.54. The van der Waals surface area contributed by atoms with Crippen molar-refractivity contribution in [2.45, 2.75) is 19.6 Å². The van der Waals surface area contributed by atoms with E-state index in [9.17, 15) is 9.59 Å². The van der Waals surface area contributed by atoms with Gasteiger partial charge in [-0.3, -0.25) is 4.79 Å². The van der Waals surface area contributed by atoms with Crippen LogP contribution in [0.2, 0.25) is 0 Å². The number of benzene rings is 2. The van der Waals surface area contributed by atoms with Crippen LogP contribution in [0.15, 0.2) is 46.9 Å². The molecule has 2 aromatic rings. The van der Waals surface area contributed by atoms with E-state index in [1.54, 1.807) is 14.0 Å². The van der Waals surface area contributed by atoms with Crippen LogP contribution in [0.5, 0.6) is 11.5 Å². The number of nitrogens with zero attached hydrogens (tertiary/aromatic N) is 1. The maximum Gasteiger partial charge on any atom is 0.339 e. The van der Waals surface area contributed by atoms with Crippen LogP contribution >= 0.6 is 15.9 Å². The lowest BCUT2D eigenvalue weighted by Gasteiger charge is -2.22. The van der Waals surface area contributed by atoms with Crippen LogP contribution in [-0.2, 0) is 16.1 Å². The molecule has 0 aliphatic heterocycles. The van der Waals surface area contributed by atoms with Gasteiger partial charge < -0.3 is 19.1 Å². The van der Waals surface area contributed by atoms with E-state index < -0.39 is 12.1 Å². The van der Waals surface area contributed by atoms with Gasteiger partial charge in [0.25, 0.3) is 5.91 Å². The predicted molar refractivity (Wildman–Crippen MR) is 105 cm³/mol. The molecular weight excluding hydrogens is 414 g/mol. The Kier molecular flexibility index (Phi) is 7.24. The molecule has 7 heteroatoms. The van der Waals surface area contributed by atoms with Gasteiger partial charge in [0.1, 0.15) is 16.0 Å². The minimum absolute atomic E-state index is 0.234. The number of amides is 1. The molecule has 2 aromatic carbocycles. The van der Waals surface area contributed by atoms with Crippen LogP contribution < -0.4 is 9.47 Å². The molecule has 1 atom stereocenters. The van der Waals surface area contributed by atoms with Crippen LogP contribution in [0.3, 0.4) is 0 Å². The van der Waals surface area contributed by atoms with Crippen molar-refractivity contribution in [1.82, 2.24) is 4.90 Å². The van der Waals surface area contributed by atoms with E-state index in [1.807, 2.05) is 30.3 Å². The topological polar surface area (TPSA) is 65.1 Å². The highest BCUT2D eigenvalue weighted by Gasteiger charge is 2.24. The summed E-state index contributed by atoms with van der Waals surface area (Å²) < 4.78 is 16.4. The molecule has 144 valence electrons. The molecule has 1 unspecified atom stereocenters. The number of carbonyl (C=O) groups is 2. The van der Waals surface area contributed by atoms with Crippen LogP contribution in [0.1, 0.15) is 22.8 Å². The molecule has 0 N–H and O–H groups in total. The summed E-state index contributed by atoms with van der Waals surface area (Å²) in [5.74, 6) is -0.0562. The number of rotatable bonds is 7. The number of ether oxygens (including phenoxy) is 3. The molecule has 0 spiro atoms. The van der Waals surface area contributed by atoms with Crippen molar-refractivity contribution in [1.29, 1.82) is 0 Å². The van der Waals surface area contributed by atoms with Gasteiger partial charge in [0.2, 0.25) is 0 Å². The number of hydrogen-bond acceptors (Lipinski definition) is 5. The van der Waals surface area contributed by atoms with Gasteiger partial charge in [0.05, 0.1) is 19.8 Å². The van der Waals surface area contributed by atoms with E-state index in [4.69, 9.17) is 14.2 Å². The zero-order valence-corrected chi connectivity index (χ0v) is 17.3. The number of hydrogen-bond donors (Lipinski definition) is 0. The lowest BCUT2D eigenvalue weighted by Crippen LogP contribution is -2.37. The molecule has 0 bridgehead atoms. The van der Waals surface area contributed by atoms with Crippen LogP contribution in [0.4, 0.5) is 0 Å². The van der Waals surface area contributed by atoms with E-state index >= 15 is 0 Å². The summed E-state index contributed by atoms with van der Waals surface area (Å²) >= 11 is 3.35. The third-order valence-electron chi connectivity index (χ3n) is 3.95. The van der Waals surface area contributed by atoms with Crippen molar-refractivity contribution in [3.63, 3.8) is 0 Å². The second kappa shape index (κ2) is 9.41. The largest absolute Gasteiger partial charge is 0.495 e. The molecule has 0 radical (unpaired) electrons. The fourth-order valence-corrected chi connectivity index (χ4v) is 3.06. The highest BCUT2D eigenvalue weighted by molar-refractivity contribution is 9.10. The maximum absolute atomic E-state index is 12.5. The predicted octanol–water partition coefficient (Wildman–Crippen LogP) is 3.67. The normalized spacial score (nSPS) is 11.4. The molecule has 0 fully saturated rings. The molecule has 0 saturated heterocycles. The SMILES string of the molecule is COc1cc(C(=O)OC(C)C(=O)N(C)Cc2ccccc2)cc(OC)c1Br. The summed E-state index contributed by atoms with van der Waals surface area (Å²) in [4.78, 5) is 26.5. The number of likely N-dealkylation sites (N-methyl/N-ethyl adjacent to an activating group) is 1. The summed E-state index contributed by atoms with van der Waals surface area (Å²) in [6.45, 7) is 1.98. The maximum atomic E-state index is 12.5. The number of carbonyl (C=O) groups excluding carboxylic acids is 2. The smallest absolute Gasteiger partial charge is 0.339 e. The quantitative estimate of drug-likeness (QED) is 0.620. The minimum atomic E-state index is -0.924. The zero-order chi connectivity index (χ0) is 20.0. The van der Waals surface area contributed by atoms with E-state index in [0.29, 0.717) is 22.5 Å². The van der Waals surface area contributed by atoms with Crippen molar-refractivity contribution in [2.24, 2.45) is 0 Å². The highest BCUT2D eigenvalue weighted by Crippen LogP contribution is 2.35. The van der Waals surface area contributed by atoms with Gasteiger partial charge in [-0.15, -0.1) is 0 Å². The van der Waals surface area contributed by atoms with Gasteiger partial charge in [-0.2, -0.15) is 0 Å². The first kappa shape index (κ1) is 20.8. The Morgan fingerprint density at radius 1 is 1.07 bits per heavy atom. The van der Waals surface area contributed by atoms with Gasteiger partial charge in [-0.25, -0.2) is 4.79 Å². The number of esters is 1. The Labute approximate surface area is 167 Å². The highest BCUT2D eigenvalue weighted by atomic mass is 79.9. The number of halogens is 1. The van der Waals surface area contributed by atoms with Crippen molar-refractivity contribution < 1.29 is 23.8 Å². The van der Waals surface area contributed by atoms with Crippen molar-refractivity contribution >= 4 is 27.8 Å². The summed E-state index contributed by atoms with van der Waals surface area (Å²) in [5.41, 5.74) is 1.23. The van der Waals surface area contributed by atoms with E-state index in [0.717, 1.165) is 5.56 Å². The van der Waals surface area contributed by atoms with Gasteiger partial charge in [0.15, 0.2) is 6.10 Å². The Balaban J connectivity index is 2.07. The van der Waals surface area contributed by atoms with E-state index in [1.165, 1.54) is 31.3 Å². The lowest BCUT2D eigenvalue weighted by molar-refractivity contribution is -0.139. The first-order chi connectivity index (χ1) is 12.9. The molecule has 0 aliphatic rings. The van der Waals surface area contributed by atoms with Crippen LogP contribution in [0.25, 0.3) is 0 Å². The average molecular weight is 436 g/mol. The van der Waals surface area contributed by atoms with Crippen LogP contribution in [0, 0.1) is 0 Å².